The molecule has 0 aliphatic heterocycles. The Kier molecular flexibility index (Phi) is 7.76. The monoisotopic (exact) mass is 185 g/mol. The van der Waals surface area contributed by atoms with Crippen molar-refractivity contribution < 1.29 is 4.79 Å². The molecule has 0 bridgehead atoms. The third kappa shape index (κ3) is 7.82. The Morgan fingerprint density at radius 2 is 1.85 bits per heavy atom. The lowest BCUT2D eigenvalue weighted by molar-refractivity contribution is -0.118. The molecule has 0 radical (unpaired) electrons. The predicted octanol–water partition coefficient (Wildman–Crippen LogP) is 2.73. The molecule has 2 heteroatoms. The molecule has 0 unspecified atom stereocenters. The molecular weight excluding hydrogens is 162 g/mol. The number of carbonyl (C=O) groups is 1. The van der Waals surface area contributed by atoms with Gasteiger partial charge >= 0.3 is 0 Å². The summed E-state index contributed by atoms with van der Waals surface area (Å²) in [5.74, 6) is 0.972. The highest BCUT2D eigenvalue weighted by atomic mass is 16.1. The molecule has 78 valence electrons. The van der Waals surface area contributed by atoms with E-state index in [1.165, 1.54) is 25.7 Å². The van der Waals surface area contributed by atoms with Gasteiger partial charge in [0.25, 0.3) is 0 Å². The fraction of sp³-hybridized carbons (Fsp3) is 0.909. The summed E-state index contributed by atoms with van der Waals surface area (Å²) in [6.45, 7) is 6.92. The van der Waals surface area contributed by atoms with Crippen LogP contribution < -0.4 is 5.32 Å². The number of rotatable bonds is 7. The molecule has 0 aromatic heterocycles. The van der Waals surface area contributed by atoms with Crippen LogP contribution in [-0.4, -0.2) is 12.5 Å². The van der Waals surface area contributed by atoms with Crippen molar-refractivity contribution >= 4 is 5.91 Å². The second kappa shape index (κ2) is 8.09. The van der Waals surface area contributed by atoms with Gasteiger partial charge in [-0.2, -0.15) is 0 Å². The molecule has 0 saturated heterocycles. The third-order valence-corrected chi connectivity index (χ3v) is 2.57. The normalized spacial score (nSPS) is 10.5. The van der Waals surface area contributed by atoms with E-state index in [-0.39, 0.29) is 5.91 Å². The molecule has 0 rings (SSSR count). The second-order valence-electron chi connectivity index (χ2n) is 3.66. The summed E-state index contributed by atoms with van der Waals surface area (Å²) >= 11 is 0. The van der Waals surface area contributed by atoms with Crippen molar-refractivity contribution in [1.29, 1.82) is 0 Å². The van der Waals surface area contributed by atoms with Gasteiger partial charge in [0.1, 0.15) is 0 Å². The van der Waals surface area contributed by atoms with Gasteiger partial charge in [0.2, 0.25) is 5.91 Å². The second-order valence-corrected chi connectivity index (χ2v) is 3.66. The first-order valence-electron chi connectivity index (χ1n) is 5.45. The van der Waals surface area contributed by atoms with Crippen molar-refractivity contribution in [2.75, 3.05) is 6.54 Å². The Labute approximate surface area is 82.1 Å². The zero-order valence-electron chi connectivity index (χ0n) is 9.23. The Bertz CT molecular complexity index is 130. The largest absolute Gasteiger partial charge is 0.356 e. The molecule has 0 aromatic carbocycles. The fourth-order valence-corrected chi connectivity index (χ4v) is 1.52. The van der Waals surface area contributed by atoms with Gasteiger partial charge in [-0.1, -0.05) is 39.5 Å². The van der Waals surface area contributed by atoms with Crippen molar-refractivity contribution in [3.63, 3.8) is 0 Å². The molecule has 0 aromatic rings. The Hall–Kier alpha value is -0.530. The van der Waals surface area contributed by atoms with Crippen molar-refractivity contribution in [3.8, 4) is 0 Å². The highest BCUT2D eigenvalue weighted by Crippen LogP contribution is 2.15. The number of amides is 1. The molecule has 0 spiro atoms. The van der Waals surface area contributed by atoms with Gasteiger partial charge in [-0.05, 0) is 12.3 Å². The number of nitrogens with one attached hydrogen (secondary N) is 1. The van der Waals surface area contributed by atoms with E-state index in [1.54, 1.807) is 6.92 Å². The summed E-state index contributed by atoms with van der Waals surface area (Å²) in [5.41, 5.74) is 0. The lowest BCUT2D eigenvalue weighted by Crippen LogP contribution is -2.20. The lowest BCUT2D eigenvalue weighted by Gasteiger charge is -2.11. The van der Waals surface area contributed by atoms with E-state index < -0.39 is 0 Å². The first kappa shape index (κ1) is 12.5. The Morgan fingerprint density at radius 3 is 2.31 bits per heavy atom. The first-order valence-corrected chi connectivity index (χ1v) is 5.45. The van der Waals surface area contributed by atoms with Gasteiger partial charge in [0, 0.05) is 13.5 Å². The van der Waals surface area contributed by atoms with E-state index in [0.29, 0.717) is 0 Å². The van der Waals surface area contributed by atoms with E-state index in [9.17, 15) is 4.79 Å². The number of carbonyl (C=O) groups excluding carboxylic acids is 1. The zero-order chi connectivity index (χ0) is 10.1. The highest BCUT2D eigenvalue weighted by Gasteiger charge is 2.02. The van der Waals surface area contributed by atoms with Crippen molar-refractivity contribution in [2.45, 2.75) is 52.9 Å². The van der Waals surface area contributed by atoms with Gasteiger partial charge < -0.3 is 5.32 Å². The standard InChI is InChI=1S/C11H23NO/c1-4-11(5-2)8-6-7-9-12-10(3)13/h11H,4-9H2,1-3H3,(H,12,13). The van der Waals surface area contributed by atoms with Crippen LogP contribution in [0.2, 0.25) is 0 Å². The van der Waals surface area contributed by atoms with Crippen LogP contribution in [0.4, 0.5) is 0 Å². The van der Waals surface area contributed by atoms with Crippen molar-refractivity contribution in [2.24, 2.45) is 5.92 Å². The van der Waals surface area contributed by atoms with E-state index in [4.69, 9.17) is 0 Å². The van der Waals surface area contributed by atoms with Crippen LogP contribution >= 0.6 is 0 Å². The molecule has 0 atom stereocenters. The van der Waals surface area contributed by atoms with E-state index in [2.05, 4.69) is 19.2 Å². The summed E-state index contributed by atoms with van der Waals surface area (Å²) in [5, 5.41) is 2.82. The fourth-order valence-electron chi connectivity index (χ4n) is 1.52. The summed E-state index contributed by atoms with van der Waals surface area (Å²) < 4.78 is 0. The van der Waals surface area contributed by atoms with Crippen LogP contribution in [0.3, 0.4) is 0 Å². The van der Waals surface area contributed by atoms with Crippen LogP contribution in [0.15, 0.2) is 0 Å². The maximum atomic E-state index is 10.5. The van der Waals surface area contributed by atoms with Gasteiger partial charge in [0.15, 0.2) is 0 Å². The molecule has 0 aliphatic rings. The quantitative estimate of drug-likeness (QED) is 0.607. The minimum absolute atomic E-state index is 0.0857. The minimum Gasteiger partial charge on any atom is -0.356 e. The Morgan fingerprint density at radius 1 is 1.23 bits per heavy atom. The molecule has 1 amide bonds. The molecule has 0 fully saturated rings. The summed E-state index contributed by atoms with van der Waals surface area (Å²) in [4.78, 5) is 10.5. The molecule has 0 heterocycles. The van der Waals surface area contributed by atoms with Crippen LogP contribution in [0.5, 0.6) is 0 Å². The molecular formula is C11H23NO. The third-order valence-electron chi connectivity index (χ3n) is 2.57. The highest BCUT2D eigenvalue weighted by molar-refractivity contribution is 5.72. The zero-order valence-corrected chi connectivity index (χ0v) is 9.23. The van der Waals surface area contributed by atoms with Gasteiger partial charge in [-0.15, -0.1) is 0 Å². The van der Waals surface area contributed by atoms with Crippen LogP contribution in [0.25, 0.3) is 0 Å². The first-order chi connectivity index (χ1) is 6.20. The lowest BCUT2D eigenvalue weighted by atomic mass is 9.97. The SMILES string of the molecule is CCC(CC)CCCCNC(C)=O. The average molecular weight is 185 g/mol. The topological polar surface area (TPSA) is 29.1 Å². The minimum atomic E-state index is 0.0857. The predicted molar refractivity (Wildman–Crippen MR) is 56.6 cm³/mol. The molecule has 1 N–H and O–H groups in total. The number of hydrogen-bond donors (Lipinski definition) is 1. The average Bonchev–Trinajstić information content (AvgIpc) is 2.11. The smallest absolute Gasteiger partial charge is 0.216 e. The van der Waals surface area contributed by atoms with Crippen LogP contribution in [0.1, 0.15) is 52.9 Å². The summed E-state index contributed by atoms with van der Waals surface area (Å²) in [7, 11) is 0. The van der Waals surface area contributed by atoms with Crippen molar-refractivity contribution in [3.05, 3.63) is 0 Å². The van der Waals surface area contributed by atoms with Gasteiger partial charge in [-0.25, -0.2) is 0 Å². The molecule has 0 aliphatic carbocycles. The van der Waals surface area contributed by atoms with Gasteiger partial charge in [0.05, 0.1) is 0 Å². The van der Waals surface area contributed by atoms with E-state index >= 15 is 0 Å². The van der Waals surface area contributed by atoms with Crippen molar-refractivity contribution in [1.82, 2.24) is 5.32 Å². The van der Waals surface area contributed by atoms with E-state index in [0.717, 1.165) is 18.9 Å². The van der Waals surface area contributed by atoms with E-state index in [1.807, 2.05) is 0 Å². The van der Waals surface area contributed by atoms with Crippen LogP contribution in [0, 0.1) is 5.92 Å². The number of hydrogen-bond acceptors (Lipinski definition) is 1. The number of unbranched alkanes of at least 4 members (excludes halogenated alkanes) is 1. The summed E-state index contributed by atoms with van der Waals surface area (Å²) in [6.07, 6.45) is 6.25. The maximum absolute atomic E-state index is 10.5. The Balaban J connectivity index is 3.19. The van der Waals surface area contributed by atoms with Crippen LogP contribution in [-0.2, 0) is 4.79 Å². The molecule has 13 heavy (non-hydrogen) atoms. The maximum Gasteiger partial charge on any atom is 0.216 e. The molecule has 0 saturated carbocycles. The van der Waals surface area contributed by atoms with Gasteiger partial charge in [-0.3, -0.25) is 4.79 Å². The summed E-state index contributed by atoms with van der Waals surface area (Å²) in [6, 6.07) is 0. The molecule has 2 nitrogen and oxygen atoms in total.